The first kappa shape index (κ1) is 39.1. The van der Waals surface area contributed by atoms with E-state index in [1.807, 2.05) is 64.1 Å². The van der Waals surface area contributed by atoms with E-state index >= 15 is 0 Å². The van der Waals surface area contributed by atoms with E-state index in [-0.39, 0.29) is 34.7 Å². The molecule has 2 aromatic rings. The predicted molar refractivity (Wildman–Crippen MR) is 195 cm³/mol. The van der Waals surface area contributed by atoms with Crippen LogP contribution in [0, 0.1) is 5.41 Å². The molecular weight excluding hydrogens is 652 g/mol. The highest BCUT2D eigenvalue weighted by Crippen LogP contribution is 2.41. The minimum Gasteiger partial charge on any atom is -0.444 e. The summed E-state index contributed by atoms with van der Waals surface area (Å²) in [7, 11) is 0. The topological polar surface area (TPSA) is 140 Å². The van der Waals surface area contributed by atoms with Gasteiger partial charge in [0.05, 0.1) is 17.5 Å². The van der Waals surface area contributed by atoms with E-state index in [0.717, 1.165) is 30.0 Å². The van der Waals surface area contributed by atoms with Gasteiger partial charge in [0.1, 0.15) is 16.8 Å². The van der Waals surface area contributed by atoms with Crippen molar-refractivity contribution < 1.29 is 33.0 Å². The van der Waals surface area contributed by atoms with Crippen molar-refractivity contribution in [1.29, 1.82) is 0 Å². The van der Waals surface area contributed by atoms with Crippen molar-refractivity contribution in [2.45, 2.75) is 112 Å². The summed E-state index contributed by atoms with van der Waals surface area (Å²) in [6, 6.07) is 9.27. The number of hydrogen-bond acceptors (Lipinski definition) is 11. The third kappa shape index (κ3) is 10.7. The van der Waals surface area contributed by atoms with E-state index < -0.39 is 29.0 Å². The molecule has 0 saturated carbocycles. The number of hydrogen-bond donors (Lipinski definition) is 0. The third-order valence-corrected chi connectivity index (χ3v) is 8.09. The molecule has 2 aliphatic rings. The van der Waals surface area contributed by atoms with Crippen molar-refractivity contribution in [2.75, 3.05) is 26.2 Å². The molecule has 3 heterocycles. The second-order valence-electron chi connectivity index (χ2n) is 16.1. The zero-order valence-corrected chi connectivity index (χ0v) is 32.0. The predicted octanol–water partition coefficient (Wildman–Crippen LogP) is 8.29. The summed E-state index contributed by atoms with van der Waals surface area (Å²) in [5.41, 5.74) is -0.758. The molecule has 1 aromatic heterocycles. The molecule has 1 spiro atoms. The molecule has 51 heavy (non-hydrogen) atoms. The normalized spacial score (nSPS) is 19.1. The summed E-state index contributed by atoms with van der Waals surface area (Å²) < 4.78 is 23.1. The van der Waals surface area contributed by atoms with Gasteiger partial charge in [0.25, 0.3) is 0 Å². The lowest BCUT2D eigenvalue weighted by atomic mass is 9.86. The van der Waals surface area contributed by atoms with Gasteiger partial charge in [-0.15, -0.1) is 10.2 Å². The quantitative estimate of drug-likeness (QED) is 0.204. The number of ether oxygens (including phenoxy) is 3. The maximum Gasteiger partial charge on any atom is 0.425 e. The minimum absolute atomic E-state index is 0.0625. The summed E-state index contributed by atoms with van der Waals surface area (Å²) in [6.45, 7) is 22.2. The van der Waals surface area contributed by atoms with Gasteiger partial charge in [0, 0.05) is 37.2 Å². The third-order valence-electron chi connectivity index (χ3n) is 8.09. The van der Waals surface area contributed by atoms with Crippen molar-refractivity contribution in [1.82, 2.24) is 24.9 Å². The van der Waals surface area contributed by atoms with Crippen LogP contribution in [0.2, 0.25) is 0 Å². The molecule has 13 heteroatoms. The van der Waals surface area contributed by atoms with E-state index in [0.29, 0.717) is 31.6 Å². The molecule has 13 nitrogen and oxygen atoms in total. The van der Waals surface area contributed by atoms with Gasteiger partial charge in [-0.25, -0.2) is 19.4 Å². The van der Waals surface area contributed by atoms with Gasteiger partial charge in [-0.1, -0.05) is 31.2 Å². The number of rotatable bonds is 7. The second-order valence-corrected chi connectivity index (χ2v) is 16.1. The molecule has 0 aliphatic carbocycles. The number of carbonyl (C=O) groups is 3. The van der Waals surface area contributed by atoms with Crippen LogP contribution in [0.3, 0.4) is 0 Å². The van der Waals surface area contributed by atoms with Crippen molar-refractivity contribution in [3.63, 3.8) is 0 Å². The fourth-order valence-electron chi connectivity index (χ4n) is 5.86. The summed E-state index contributed by atoms with van der Waals surface area (Å²) in [5, 5.41) is 8.46. The summed E-state index contributed by atoms with van der Waals surface area (Å²) in [4.78, 5) is 50.1. The number of imide groups is 1. The monoisotopic (exact) mass is 706 g/mol. The first-order valence-electron chi connectivity index (χ1n) is 17.5. The Morgan fingerprint density at radius 3 is 1.96 bits per heavy atom. The number of aliphatic imine (C=N–C) groups is 1. The largest absolute Gasteiger partial charge is 0.444 e. The van der Waals surface area contributed by atoms with Crippen LogP contribution in [0.4, 0.5) is 14.4 Å². The number of likely N-dealkylation sites (tertiary alicyclic amines) is 2. The van der Waals surface area contributed by atoms with Gasteiger partial charge in [0.2, 0.25) is 11.8 Å². The number of allylic oxidation sites excluding steroid dienone is 3. The Morgan fingerprint density at radius 1 is 0.863 bits per heavy atom. The molecule has 0 bridgehead atoms. The first-order valence-corrected chi connectivity index (χ1v) is 17.5. The van der Waals surface area contributed by atoms with Crippen LogP contribution >= 0.6 is 0 Å². The number of carbonyl (C=O) groups excluding carboxylic acids is 3. The van der Waals surface area contributed by atoms with Crippen LogP contribution in [-0.4, -0.2) is 92.4 Å². The minimum atomic E-state index is -0.972. The Balaban J connectivity index is 1.73. The molecular formula is C38H54N6O7. The van der Waals surface area contributed by atoms with Crippen molar-refractivity contribution in [3.8, 4) is 11.5 Å². The summed E-state index contributed by atoms with van der Waals surface area (Å²) in [5.74, 6) is 0.238. The van der Waals surface area contributed by atoms with Crippen LogP contribution in [0.5, 0.6) is 0 Å². The Hall–Kier alpha value is -4.68. The molecule has 278 valence electrons. The fraction of sp³-hybridized carbons (Fsp3) is 0.579. The van der Waals surface area contributed by atoms with Gasteiger partial charge >= 0.3 is 18.3 Å². The standard InChI is InChI=1S/C38H54N6O7/c1-12-16-28(42-21-19-38(24-42)20-22-43(25-38)32(45)49-35(3,4)5)23-39-29(26(2)30-40-41-31(48-30)27-17-14-13-15-18-27)44(33(46)50-36(6,7)8)34(47)51-37(9,10)11/h13-18,23H,12,19-22,24-25H2,1-11H3/b28-16-,29-26-,39-23-. The number of amides is 3. The van der Waals surface area contributed by atoms with Crippen LogP contribution in [0.1, 0.15) is 101 Å². The van der Waals surface area contributed by atoms with Crippen molar-refractivity contribution in [3.05, 3.63) is 53.8 Å². The van der Waals surface area contributed by atoms with Gasteiger partial charge in [-0.3, -0.25) is 0 Å². The van der Waals surface area contributed by atoms with Gasteiger partial charge in [-0.2, -0.15) is 4.90 Å². The average Bonchev–Trinajstić information content (AvgIpc) is 3.77. The van der Waals surface area contributed by atoms with Gasteiger partial charge in [0.15, 0.2) is 5.82 Å². The van der Waals surface area contributed by atoms with Gasteiger partial charge in [-0.05, 0) is 101 Å². The maximum absolute atomic E-state index is 13.8. The van der Waals surface area contributed by atoms with Crippen molar-refractivity contribution >= 4 is 30.1 Å². The Bertz CT molecular complexity index is 1630. The fourth-order valence-corrected chi connectivity index (χ4v) is 5.86. The van der Waals surface area contributed by atoms with E-state index in [1.54, 1.807) is 59.6 Å². The lowest BCUT2D eigenvalue weighted by Gasteiger charge is -2.29. The van der Waals surface area contributed by atoms with Gasteiger partial charge < -0.3 is 28.4 Å². The van der Waals surface area contributed by atoms with E-state index in [1.165, 1.54) is 0 Å². The molecule has 0 radical (unpaired) electrons. The molecule has 4 rings (SSSR count). The number of benzene rings is 1. The first-order chi connectivity index (χ1) is 23.7. The van der Waals surface area contributed by atoms with E-state index in [2.05, 4.69) is 15.1 Å². The molecule has 2 fully saturated rings. The summed E-state index contributed by atoms with van der Waals surface area (Å²) in [6.07, 6.45) is 3.89. The molecule has 1 atom stereocenters. The highest BCUT2D eigenvalue weighted by Gasteiger charge is 2.46. The molecule has 1 unspecified atom stereocenters. The molecule has 2 aliphatic heterocycles. The molecule has 1 aromatic carbocycles. The molecule has 0 N–H and O–H groups in total. The molecule has 3 amide bonds. The number of aromatic nitrogens is 2. The smallest absolute Gasteiger partial charge is 0.425 e. The zero-order chi connectivity index (χ0) is 37.8. The average molecular weight is 707 g/mol. The maximum atomic E-state index is 13.8. The second kappa shape index (κ2) is 15.3. The summed E-state index contributed by atoms with van der Waals surface area (Å²) >= 11 is 0. The lowest BCUT2D eigenvalue weighted by molar-refractivity contribution is 0.00808. The Labute approximate surface area is 301 Å². The molecule has 2 saturated heterocycles. The van der Waals surface area contributed by atoms with Crippen LogP contribution < -0.4 is 0 Å². The highest BCUT2D eigenvalue weighted by atomic mass is 16.6. The van der Waals surface area contributed by atoms with Crippen molar-refractivity contribution in [2.24, 2.45) is 10.4 Å². The van der Waals surface area contributed by atoms with E-state index in [9.17, 15) is 14.4 Å². The highest BCUT2D eigenvalue weighted by molar-refractivity contribution is 5.93. The lowest BCUT2D eigenvalue weighted by Crippen LogP contribution is -2.43. The van der Waals surface area contributed by atoms with E-state index in [4.69, 9.17) is 23.6 Å². The Morgan fingerprint density at radius 2 is 1.41 bits per heavy atom. The van der Waals surface area contributed by atoms with Crippen LogP contribution in [-0.2, 0) is 14.2 Å². The zero-order valence-electron chi connectivity index (χ0n) is 32.0. The SMILES string of the molecule is CC/C=C(/C=N\C(=C(/C)c1nnc(-c2ccccc2)o1)N(C(=O)OC(C)(C)C)C(=O)OC(C)(C)C)N1CCC2(CCN(C(=O)OC(C)(C)C)C2)C1. The van der Waals surface area contributed by atoms with Crippen LogP contribution in [0.15, 0.2) is 57.3 Å². The number of nitrogens with zero attached hydrogens (tertiary/aromatic N) is 6. The Kier molecular flexibility index (Phi) is 11.7. The van der Waals surface area contributed by atoms with Crippen LogP contribution in [0.25, 0.3) is 17.0 Å².